The summed E-state index contributed by atoms with van der Waals surface area (Å²) in [6, 6.07) is 8.96. The predicted molar refractivity (Wildman–Crippen MR) is 105 cm³/mol. The van der Waals surface area contributed by atoms with Gasteiger partial charge in [-0.15, -0.1) is 0 Å². The SMILES string of the molecule is CCc1ccc(C(CNC(=O)CC(C)C2CCCNC2)N(C)C)cc1. The first-order chi connectivity index (χ1) is 12.0. The number of hydrogen-bond acceptors (Lipinski definition) is 3. The summed E-state index contributed by atoms with van der Waals surface area (Å²) in [4.78, 5) is 14.6. The largest absolute Gasteiger partial charge is 0.354 e. The van der Waals surface area contributed by atoms with Crippen LogP contribution >= 0.6 is 0 Å². The zero-order valence-corrected chi connectivity index (χ0v) is 16.3. The van der Waals surface area contributed by atoms with Crippen LogP contribution in [0.1, 0.15) is 50.3 Å². The van der Waals surface area contributed by atoms with E-state index in [1.807, 2.05) is 0 Å². The van der Waals surface area contributed by atoms with Gasteiger partial charge < -0.3 is 15.5 Å². The van der Waals surface area contributed by atoms with E-state index in [1.54, 1.807) is 0 Å². The zero-order chi connectivity index (χ0) is 18.2. The summed E-state index contributed by atoms with van der Waals surface area (Å²) in [7, 11) is 4.14. The van der Waals surface area contributed by atoms with Gasteiger partial charge in [-0.2, -0.15) is 0 Å². The fraction of sp³-hybridized carbons (Fsp3) is 0.667. The third-order valence-electron chi connectivity index (χ3n) is 5.54. The van der Waals surface area contributed by atoms with Crippen molar-refractivity contribution in [2.75, 3.05) is 33.7 Å². The van der Waals surface area contributed by atoms with Gasteiger partial charge in [-0.05, 0) is 69.4 Å². The van der Waals surface area contributed by atoms with Crippen molar-refractivity contribution < 1.29 is 4.79 Å². The first-order valence-corrected chi connectivity index (χ1v) is 9.74. The lowest BCUT2D eigenvalue weighted by molar-refractivity contribution is -0.122. The van der Waals surface area contributed by atoms with Crippen molar-refractivity contribution >= 4 is 5.91 Å². The summed E-state index contributed by atoms with van der Waals surface area (Å²) in [6.45, 7) is 7.22. The summed E-state index contributed by atoms with van der Waals surface area (Å²) in [5.41, 5.74) is 2.60. The van der Waals surface area contributed by atoms with Crippen LogP contribution < -0.4 is 10.6 Å². The number of piperidine rings is 1. The quantitative estimate of drug-likeness (QED) is 0.761. The van der Waals surface area contributed by atoms with E-state index in [-0.39, 0.29) is 11.9 Å². The lowest BCUT2D eigenvalue weighted by Gasteiger charge is -2.29. The molecule has 1 saturated heterocycles. The summed E-state index contributed by atoms with van der Waals surface area (Å²) in [5.74, 6) is 1.25. The molecule has 1 aromatic carbocycles. The minimum atomic E-state index is 0.176. The molecular formula is C21H35N3O. The van der Waals surface area contributed by atoms with Crippen molar-refractivity contribution in [3.05, 3.63) is 35.4 Å². The van der Waals surface area contributed by atoms with Gasteiger partial charge in [0, 0.05) is 13.0 Å². The maximum Gasteiger partial charge on any atom is 0.220 e. The maximum absolute atomic E-state index is 12.4. The molecular weight excluding hydrogens is 310 g/mol. The van der Waals surface area contributed by atoms with E-state index < -0.39 is 0 Å². The molecule has 0 radical (unpaired) electrons. The van der Waals surface area contributed by atoms with Crippen LogP contribution in [-0.4, -0.2) is 44.5 Å². The molecule has 2 rings (SSSR count). The standard InChI is InChI=1S/C21H35N3O/c1-5-17-8-10-18(11-9-17)20(24(3)4)15-23-21(25)13-16(2)19-7-6-12-22-14-19/h8-11,16,19-20,22H,5-7,12-15H2,1-4H3,(H,23,25). The van der Waals surface area contributed by atoms with Crippen LogP contribution in [0.15, 0.2) is 24.3 Å². The second-order valence-electron chi connectivity index (χ2n) is 7.67. The Balaban J connectivity index is 1.85. The van der Waals surface area contributed by atoms with Crippen LogP contribution in [0.3, 0.4) is 0 Å². The molecule has 3 atom stereocenters. The van der Waals surface area contributed by atoms with Gasteiger partial charge in [-0.3, -0.25) is 4.79 Å². The molecule has 1 amide bonds. The number of nitrogens with one attached hydrogen (secondary N) is 2. The van der Waals surface area contributed by atoms with Crippen LogP contribution in [0.5, 0.6) is 0 Å². The van der Waals surface area contributed by atoms with Gasteiger partial charge in [0.25, 0.3) is 0 Å². The van der Waals surface area contributed by atoms with Crippen molar-refractivity contribution in [1.29, 1.82) is 0 Å². The number of aryl methyl sites for hydroxylation is 1. The summed E-state index contributed by atoms with van der Waals surface area (Å²) in [6.07, 6.45) is 4.15. The molecule has 1 fully saturated rings. The average Bonchev–Trinajstić information content (AvgIpc) is 2.62. The Morgan fingerprint density at radius 1 is 1.32 bits per heavy atom. The van der Waals surface area contributed by atoms with Crippen molar-refractivity contribution in [1.82, 2.24) is 15.5 Å². The lowest BCUT2D eigenvalue weighted by Crippen LogP contribution is -2.38. The van der Waals surface area contributed by atoms with E-state index in [1.165, 1.54) is 24.0 Å². The topological polar surface area (TPSA) is 44.4 Å². The van der Waals surface area contributed by atoms with E-state index in [9.17, 15) is 4.79 Å². The molecule has 140 valence electrons. The highest BCUT2D eigenvalue weighted by atomic mass is 16.1. The Hall–Kier alpha value is -1.39. The Kier molecular flexibility index (Phi) is 7.91. The summed E-state index contributed by atoms with van der Waals surface area (Å²) in [5, 5.41) is 6.61. The molecule has 0 bridgehead atoms. The Bertz CT molecular complexity index is 520. The number of likely N-dealkylation sites (N-methyl/N-ethyl adjacent to an activating group) is 1. The molecule has 4 heteroatoms. The molecule has 4 nitrogen and oxygen atoms in total. The minimum Gasteiger partial charge on any atom is -0.354 e. The molecule has 1 aliphatic heterocycles. The minimum absolute atomic E-state index is 0.176. The van der Waals surface area contributed by atoms with Crippen molar-refractivity contribution in [2.24, 2.45) is 11.8 Å². The van der Waals surface area contributed by atoms with Gasteiger partial charge in [-0.1, -0.05) is 38.1 Å². The summed E-state index contributed by atoms with van der Waals surface area (Å²) >= 11 is 0. The fourth-order valence-corrected chi connectivity index (χ4v) is 3.68. The van der Waals surface area contributed by atoms with E-state index in [0.29, 0.717) is 24.8 Å². The third kappa shape index (κ3) is 6.12. The molecule has 1 aliphatic rings. The maximum atomic E-state index is 12.4. The molecule has 1 heterocycles. The fourth-order valence-electron chi connectivity index (χ4n) is 3.68. The highest BCUT2D eigenvalue weighted by Gasteiger charge is 2.22. The number of carbonyl (C=O) groups is 1. The number of nitrogens with zero attached hydrogens (tertiary/aromatic N) is 1. The second-order valence-corrected chi connectivity index (χ2v) is 7.67. The molecule has 0 saturated carbocycles. The molecule has 0 aromatic heterocycles. The number of hydrogen-bond donors (Lipinski definition) is 2. The number of rotatable bonds is 8. The molecule has 2 N–H and O–H groups in total. The summed E-state index contributed by atoms with van der Waals surface area (Å²) < 4.78 is 0. The predicted octanol–water partition coefficient (Wildman–Crippen LogP) is 2.99. The molecule has 0 aliphatic carbocycles. The number of carbonyl (C=O) groups excluding carboxylic acids is 1. The van der Waals surface area contributed by atoms with E-state index in [0.717, 1.165) is 19.5 Å². The van der Waals surface area contributed by atoms with Crippen LogP contribution in [0.2, 0.25) is 0 Å². The van der Waals surface area contributed by atoms with Gasteiger partial charge in [0.1, 0.15) is 0 Å². The smallest absolute Gasteiger partial charge is 0.220 e. The van der Waals surface area contributed by atoms with Crippen LogP contribution in [0.25, 0.3) is 0 Å². The van der Waals surface area contributed by atoms with Gasteiger partial charge in [0.2, 0.25) is 5.91 Å². The molecule has 25 heavy (non-hydrogen) atoms. The lowest BCUT2D eigenvalue weighted by atomic mass is 9.85. The Morgan fingerprint density at radius 3 is 2.60 bits per heavy atom. The third-order valence-corrected chi connectivity index (χ3v) is 5.54. The van der Waals surface area contributed by atoms with E-state index >= 15 is 0 Å². The second kappa shape index (κ2) is 9.93. The van der Waals surface area contributed by atoms with Crippen LogP contribution in [0, 0.1) is 11.8 Å². The van der Waals surface area contributed by atoms with Crippen LogP contribution in [0.4, 0.5) is 0 Å². The van der Waals surface area contributed by atoms with Crippen molar-refractivity contribution in [3.63, 3.8) is 0 Å². The Morgan fingerprint density at radius 2 is 2.04 bits per heavy atom. The van der Waals surface area contributed by atoms with E-state index in [4.69, 9.17) is 0 Å². The van der Waals surface area contributed by atoms with E-state index in [2.05, 4.69) is 67.7 Å². The zero-order valence-electron chi connectivity index (χ0n) is 16.3. The van der Waals surface area contributed by atoms with Gasteiger partial charge in [0.05, 0.1) is 6.04 Å². The molecule has 0 spiro atoms. The number of amides is 1. The first-order valence-electron chi connectivity index (χ1n) is 9.74. The molecule has 1 aromatic rings. The van der Waals surface area contributed by atoms with Gasteiger partial charge in [-0.25, -0.2) is 0 Å². The highest BCUT2D eigenvalue weighted by Crippen LogP contribution is 2.23. The highest BCUT2D eigenvalue weighted by molar-refractivity contribution is 5.76. The monoisotopic (exact) mass is 345 g/mol. The Labute approximate surface area is 153 Å². The van der Waals surface area contributed by atoms with Crippen molar-refractivity contribution in [2.45, 2.75) is 45.6 Å². The first kappa shape index (κ1) is 19.9. The number of benzene rings is 1. The van der Waals surface area contributed by atoms with Gasteiger partial charge >= 0.3 is 0 Å². The van der Waals surface area contributed by atoms with Crippen LogP contribution in [-0.2, 0) is 11.2 Å². The van der Waals surface area contributed by atoms with Gasteiger partial charge in [0.15, 0.2) is 0 Å². The average molecular weight is 346 g/mol. The molecule has 3 unspecified atom stereocenters. The normalized spacial score (nSPS) is 20.3. The van der Waals surface area contributed by atoms with Crippen molar-refractivity contribution in [3.8, 4) is 0 Å².